The van der Waals surface area contributed by atoms with Gasteiger partial charge < -0.3 is 5.73 Å². The highest BCUT2D eigenvalue weighted by Crippen LogP contribution is 2.26. The first-order chi connectivity index (χ1) is 9.57. The summed E-state index contributed by atoms with van der Waals surface area (Å²) in [7, 11) is -3.37. The van der Waals surface area contributed by atoms with Gasteiger partial charge in [0.05, 0.1) is 12.4 Å². The van der Waals surface area contributed by atoms with Crippen molar-refractivity contribution in [2.24, 2.45) is 17.6 Å². The maximum absolute atomic E-state index is 12.1. The van der Waals surface area contributed by atoms with E-state index in [2.05, 4.69) is 0 Å². The maximum atomic E-state index is 12.1. The van der Waals surface area contributed by atoms with E-state index in [0.29, 0.717) is 5.92 Å². The molecule has 0 aliphatic heterocycles. The van der Waals surface area contributed by atoms with Crippen molar-refractivity contribution in [3.63, 3.8) is 0 Å². The monoisotopic (exact) mass is 303 g/mol. The lowest BCUT2D eigenvalue weighted by Crippen LogP contribution is -2.33. The minimum atomic E-state index is -3.37. The quantitative estimate of drug-likeness (QED) is 0.626. The SMILES string of the molecule is N[C@H]1CCCCC[C@@H]1COS(=O)(=O)CC1CCCCC1. The van der Waals surface area contributed by atoms with E-state index in [1.807, 2.05) is 0 Å². The largest absolute Gasteiger partial charge is 0.327 e. The van der Waals surface area contributed by atoms with Gasteiger partial charge in [-0.1, -0.05) is 38.5 Å². The highest BCUT2D eigenvalue weighted by atomic mass is 32.2. The van der Waals surface area contributed by atoms with Gasteiger partial charge in [0.1, 0.15) is 0 Å². The molecule has 0 saturated heterocycles. The first-order valence-corrected chi connectivity index (χ1v) is 9.77. The number of nitrogens with two attached hydrogens (primary N) is 1. The molecule has 2 aliphatic rings. The van der Waals surface area contributed by atoms with Gasteiger partial charge in [-0.05, 0) is 37.5 Å². The summed E-state index contributed by atoms with van der Waals surface area (Å²) in [6.45, 7) is 0.288. The Morgan fingerprint density at radius 1 is 0.900 bits per heavy atom. The van der Waals surface area contributed by atoms with Crippen molar-refractivity contribution in [2.75, 3.05) is 12.4 Å². The molecular weight excluding hydrogens is 274 g/mol. The molecule has 0 radical (unpaired) electrons. The zero-order valence-corrected chi connectivity index (χ0v) is 13.2. The van der Waals surface area contributed by atoms with Crippen molar-refractivity contribution >= 4 is 10.1 Å². The van der Waals surface area contributed by atoms with Crippen LogP contribution >= 0.6 is 0 Å². The normalized spacial score (nSPS) is 30.1. The molecular formula is C15H29NO3S. The third-order valence-corrected chi connectivity index (χ3v) is 6.22. The van der Waals surface area contributed by atoms with E-state index in [0.717, 1.165) is 51.4 Å². The Hall–Kier alpha value is -0.130. The summed E-state index contributed by atoms with van der Waals surface area (Å²) in [4.78, 5) is 0. The van der Waals surface area contributed by atoms with Crippen molar-refractivity contribution < 1.29 is 12.6 Å². The van der Waals surface area contributed by atoms with Crippen LogP contribution in [0.3, 0.4) is 0 Å². The molecule has 2 rings (SSSR count). The zero-order chi connectivity index (χ0) is 14.4. The van der Waals surface area contributed by atoms with Crippen molar-refractivity contribution in [1.29, 1.82) is 0 Å². The topological polar surface area (TPSA) is 69.4 Å². The Labute approximate surface area is 123 Å². The third kappa shape index (κ3) is 5.34. The molecule has 2 saturated carbocycles. The van der Waals surface area contributed by atoms with Crippen LogP contribution < -0.4 is 5.73 Å². The van der Waals surface area contributed by atoms with E-state index in [4.69, 9.17) is 9.92 Å². The Morgan fingerprint density at radius 3 is 2.20 bits per heavy atom. The molecule has 0 amide bonds. The van der Waals surface area contributed by atoms with Crippen LogP contribution in [0.25, 0.3) is 0 Å². The lowest BCUT2D eigenvalue weighted by Gasteiger charge is -2.23. The molecule has 0 heterocycles. The van der Waals surface area contributed by atoms with E-state index >= 15 is 0 Å². The van der Waals surface area contributed by atoms with Gasteiger partial charge in [0.15, 0.2) is 0 Å². The first kappa shape index (κ1) is 16.2. The van der Waals surface area contributed by atoms with Crippen molar-refractivity contribution in [3.8, 4) is 0 Å². The number of hydrogen-bond donors (Lipinski definition) is 1. The van der Waals surface area contributed by atoms with Gasteiger partial charge in [-0.25, -0.2) is 0 Å². The smallest absolute Gasteiger partial charge is 0.267 e. The summed E-state index contributed by atoms with van der Waals surface area (Å²) in [6.07, 6.45) is 11.1. The van der Waals surface area contributed by atoms with Gasteiger partial charge in [-0.2, -0.15) is 8.42 Å². The van der Waals surface area contributed by atoms with Crippen molar-refractivity contribution in [1.82, 2.24) is 0 Å². The van der Waals surface area contributed by atoms with E-state index in [1.165, 1.54) is 12.8 Å². The van der Waals surface area contributed by atoms with Crippen LogP contribution in [0.5, 0.6) is 0 Å². The second kappa shape index (κ2) is 7.76. The molecule has 0 aromatic heterocycles. The predicted octanol–water partition coefficient (Wildman–Crippen LogP) is 2.82. The van der Waals surface area contributed by atoms with Gasteiger partial charge in [0.2, 0.25) is 0 Å². The summed E-state index contributed by atoms with van der Waals surface area (Å²) in [5, 5.41) is 0. The lowest BCUT2D eigenvalue weighted by molar-refractivity contribution is 0.219. The van der Waals surface area contributed by atoms with Gasteiger partial charge >= 0.3 is 0 Å². The third-order valence-electron chi connectivity index (χ3n) is 4.84. The van der Waals surface area contributed by atoms with E-state index in [1.54, 1.807) is 0 Å². The molecule has 0 aromatic rings. The average molecular weight is 303 g/mol. The van der Waals surface area contributed by atoms with E-state index < -0.39 is 10.1 Å². The molecule has 5 heteroatoms. The van der Waals surface area contributed by atoms with Gasteiger partial charge in [-0.15, -0.1) is 0 Å². The van der Waals surface area contributed by atoms with Crippen LogP contribution in [0.1, 0.15) is 64.2 Å². The highest BCUT2D eigenvalue weighted by molar-refractivity contribution is 7.86. The molecule has 118 valence electrons. The summed E-state index contributed by atoms with van der Waals surface area (Å²) >= 11 is 0. The molecule has 2 N–H and O–H groups in total. The van der Waals surface area contributed by atoms with Crippen LogP contribution in [-0.2, 0) is 14.3 Å². The van der Waals surface area contributed by atoms with Gasteiger partial charge in [0, 0.05) is 6.04 Å². The lowest BCUT2D eigenvalue weighted by atomic mass is 9.91. The van der Waals surface area contributed by atoms with Crippen LogP contribution in [0.2, 0.25) is 0 Å². The Bertz CT molecular complexity index is 377. The molecule has 0 aromatic carbocycles. The number of rotatable bonds is 5. The second-order valence-electron chi connectivity index (χ2n) is 6.57. The number of hydrogen-bond acceptors (Lipinski definition) is 4. The Morgan fingerprint density at radius 2 is 1.50 bits per heavy atom. The molecule has 4 nitrogen and oxygen atoms in total. The first-order valence-electron chi connectivity index (χ1n) is 8.19. The minimum absolute atomic E-state index is 0.0994. The van der Waals surface area contributed by atoms with Crippen LogP contribution in [0.4, 0.5) is 0 Å². The summed E-state index contributed by atoms with van der Waals surface area (Å²) in [6, 6.07) is 0.0994. The summed E-state index contributed by atoms with van der Waals surface area (Å²) in [5.41, 5.74) is 6.12. The Kier molecular flexibility index (Phi) is 6.30. The van der Waals surface area contributed by atoms with Gasteiger partial charge in [0.25, 0.3) is 10.1 Å². The molecule has 0 unspecified atom stereocenters. The summed E-state index contributed by atoms with van der Waals surface area (Å²) < 4.78 is 29.4. The van der Waals surface area contributed by atoms with Crippen molar-refractivity contribution in [3.05, 3.63) is 0 Å². The van der Waals surface area contributed by atoms with Crippen LogP contribution in [-0.4, -0.2) is 26.8 Å². The fourth-order valence-corrected chi connectivity index (χ4v) is 4.89. The predicted molar refractivity (Wildman–Crippen MR) is 80.9 cm³/mol. The average Bonchev–Trinajstić information content (AvgIpc) is 2.62. The standard InChI is InChI=1S/C15H29NO3S/c16-15-10-6-2-5-9-14(15)11-19-20(17,18)12-13-7-3-1-4-8-13/h13-15H,1-12,16H2/t14-,15+/m1/s1. The second-order valence-corrected chi connectivity index (χ2v) is 8.26. The zero-order valence-electron chi connectivity index (χ0n) is 12.4. The van der Waals surface area contributed by atoms with Gasteiger partial charge in [-0.3, -0.25) is 4.18 Å². The highest BCUT2D eigenvalue weighted by Gasteiger charge is 2.26. The molecule has 20 heavy (non-hydrogen) atoms. The fraction of sp³-hybridized carbons (Fsp3) is 1.00. The maximum Gasteiger partial charge on any atom is 0.267 e. The van der Waals surface area contributed by atoms with Crippen LogP contribution in [0.15, 0.2) is 0 Å². The minimum Gasteiger partial charge on any atom is -0.327 e. The molecule has 0 bridgehead atoms. The molecule has 2 atom stereocenters. The van der Waals surface area contributed by atoms with Crippen LogP contribution in [0, 0.1) is 11.8 Å². The molecule has 2 aliphatic carbocycles. The Balaban J connectivity index is 1.78. The van der Waals surface area contributed by atoms with E-state index in [-0.39, 0.29) is 24.3 Å². The summed E-state index contributed by atoms with van der Waals surface area (Å²) in [5.74, 6) is 0.713. The van der Waals surface area contributed by atoms with Crippen molar-refractivity contribution in [2.45, 2.75) is 70.3 Å². The fourth-order valence-electron chi connectivity index (χ4n) is 3.50. The molecule has 0 spiro atoms. The molecule has 2 fully saturated rings. The van der Waals surface area contributed by atoms with E-state index in [9.17, 15) is 8.42 Å².